The number of hydrogen-bond donors (Lipinski definition) is 1. The van der Waals surface area contributed by atoms with E-state index in [-0.39, 0.29) is 12.0 Å². The van der Waals surface area contributed by atoms with Gasteiger partial charge in [0.2, 0.25) is 0 Å². The van der Waals surface area contributed by atoms with Gasteiger partial charge in [-0.1, -0.05) is 0 Å². The van der Waals surface area contributed by atoms with Gasteiger partial charge < -0.3 is 4.98 Å². The van der Waals surface area contributed by atoms with Gasteiger partial charge in [-0.25, -0.2) is 15.0 Å². The molecule has 0 radical (unpaired) electrons. The summed E-state index contributed by atoms with van der Waals surface area (Å²) in [6, 6.07) is 3.08. The largest absolute Gasteiger partial charge is 0.416 e. The predicted molar refractivity (Wildman–Crippen MR) is 102 cm³/mol. The van der Waals surface area contributed by atoms with Crippen LogP contribution in [0.15, 0.2) is 49.3 Å². The summed E-state index contributed by atoms with van der Waals surface area (Å²) in [5.41, 5.74) is 3.42. The number of pyridine rings is 2. The predicted octanol–water partition coefficient (Wildman–Crippen LogP) is 4.45. The number of H-pyrrole nitrogens is 1. The standard InChI is InChI=1S/C21H18F3N5/c1-13-6-17-16(12-29-20(17)28-8-13)7-14-9-26-19(27-10-14)3-2-15-11-25-5-4-18(15)21(22,23)24/h4-6,8-12H,2-3,7H2,1H3,(H,28,29). The van der Waals surface area contributed by atoms with Crippen LogP contribution in [-0.4, -0.2) is 24.9 Å². The van der Waals surface area contributed by atoms with Gasteiger partial charge in [0.25, 0.3) is 0 Å². The van der Waals surface area contributed by atoms with E-state index in [1.807, 2.05) is 19.3 Å². The summed E-state index contributed by atoms with van der Waals surface area (Å²) < 4.78 is 39.2. The molecule has 0 fully saturated rings. The van der Waals surface area contributed by atoms with E-state index in [0.717, 1.165) is 40.0 Å². The fourth-order valence-corrected chi connectivity index (χ4v) is 3.28. The third kappa shape index (κ3) is 4.26. The number of hydrogen-bond acceptors (Lipinski definition) is 4. The van der Waals surface area contributed by atoms with Crippen LogP contribution in [0.5, 0.6) is 0 Å². The van der Waals surface area contributed by atoms with Crippen LogP contribution in [0.25, 0.3) is 11.0 Å². The van der Waals surface area contributed by atoms with Crippen LogP contribution in [0.2, 0.25) is 0 Å². The molecule has 0 aliphatic carbocycles. The molecule has 5 nitrogen and oxygen atoms in total. The Bertz CT molecular complexity index is 1130. The average Bonchev–Trinajstić information content (AvgIpc) is 3.09. The fraction of sp³-hybridized carbons (Fsp3) is 0.238. The Hall–Kier alpha value is -3.29. The minimum Gasteiger partial charge on any atom is -0.346 e. The highest BCUT2D eigenvalue weighted by Gasteiger charge is 2.33. The molecule has 4 aromatic heterocycles. The van der Waals surface area contributed by atoms with E-state index in [1.165, 1.54) is 6.20 Å². The molecule has 0 bridgehead atoms. The van der Waals surface area contributed by atoms with Crippen LogP contribution in [0.1, 0.15) is 33.6 Å². The van der Waals surface area contributed by atoms with Crippen LogP contribution in [0, 0.1) is 6.92 Å². The first-order valence-electron chi connectivity index (χ1n) is 9.12. The minimum absolute atomic E-state index is 0.148. The van der Waals surface area contributed by atoms with E-state index in [0.29, 0.717) is 18.7 Å². The molecule has 0 spiro atoms. The molecule has 0 saturated heterocycles. The number of aromatic nitrogens is 5. The van der Waals surface area contributed by atoms with Crippen molar-refractivity contribution in [2.45, 2.75) is 32.4 Å². The second-order valence-corrected chi connectivity index (χ2v) is 6.94. The van der Waals surface area contributed by atoms with Crippen molar-refractivity contribution in [2.75, 3.05) is 0 Å². The third-order valence-electron chi connectivity index (χ3n) is 4.73. The van der Waals surface area contributed by atoms with Crippen molar-refractivity contribution in [3.05, 3.63) is 83.0 Å². The molecule has 4 heterocycles. The zero-order valence-corrected chi connectivity index (χ0v) is 15.7. The number of rotatable bonds is 5. The molecule has 0 amide bonds. The first kappa shape index (κ1) is 19.0. The Morgan fingerprint density at radius 3 is 2.52 bits per heavy atom. The van der Waals surface area contributed by atoms with E-state index in [4.69, 9.17) is 0 Å². The van der Waals surface area contributed by atoms with Gasteiger partial charge in [0.1, 0.15) is 11.5 Å². The van der Waals surface area contributed by atoms with Crippen molar-refractivity contribution in [1.29, 1.82) is 0 Å². The highest BCUT2D eigenvalue weighted by Crippen LogP contribution is 2.31. The second-order valence-electron chi connectivity index (χ2n) is 6.94. The zero-order valence-electron chi connectivity index (χ0n) is 15.7. The molecule has 4 aromatic rings. The molecule has 0 unspecified atom stereocenters. The Morgan fingerprint density at radius 2 is 1.76 bits per heavy atom. The monoisotopic (exact) mass is 397 g/mol. The number of nitrogens with one attached hydrogen (secondary N) is 1. The van der Waals surface area contributed by atoms with Gasteiger partial charge in [-0.05, 0) is 47.7 Å². The van der Waals surface area contributed by atoms with Crippen LogP contribution in [-0.2, 0) is 25.4 Å². The lowest BCUT2D eigenvalue weighted by Crippen LogP contribution is -2.10. The van der Waals surface area contributed by atoms with Crippen molar-refractivity contribution >= 4 is 11.0 Å². The van der Waals surface area contributed by atoms with Crippen LogP contribution in [0.3, 0.4) is 0 Å². The molecular formula is C21H18F3N5. The number of nitrogens with zero attached hydrogens (tertiary/aromatic N) is 4. The summed E-state index contributed by atoms with van der Waals surface area (Å²) in [5.74, 6) is 0.502. The summed E-state index contributed by atoms with van der Waals surface area (Å²) in [6.45, 7) is 1.99. The van der Waals surface area contributed by atoms with E-state index < -0.39 is 11.7 Å². The number of fused-ring (bicyclic) bond motifs is 1. The Morgan fingerprint density at radius 1 is 0.966 bits per heavy atom. The van der Waals surface area contributed by atoms with Gasteiger partial charge in [-0.2, -0.15) is 13.2 Å². The summed E-state index contributed by atoms with van der Waals surface area (Å²) in [5, 5.41) is 1.06. The summed E-state index contributed by atoms with van der Waals surface area (Å²) in [7, 11) is 0. The van der Waals surface area contributed by atoms with Crippen molar-refractivity contribution in [2.24, 2.45) is 0 Å². The molecule has 0 aromatic carbocycles. The SMILES string of the molecule is Cc1cnc2[nH]cc(Cc3cnc(CCc4cnccc4C(F)(F)F)nc3)c2c1. The number of halogens is 3. The van der Waals surface area contributed by atoms with Crippen LogP contribution < -0.4 is 0 Å². The fourth-order valence-electron chi connectivity index (χ4n) is 3.28. The summed E-state index contributed by atoms with van der Waals surface area (Å²) in [6.07, 6.45) is 6.32. The molecule has 0 aliphatic heterocycles. The molecule has 0 saturated carbocycles. The van der Waals surface area contributed by atoms with Gasteiger partial charge in [0.15, 0.2) is 0 Å². The maximum atomic E-state index is 13.1. The van der Waals surface area contributed by atoms with Gasteiger partial charge in [-0.3, -0.25) is 4.98 Å². The molecule has 0 aliphatic rings. The van der Waals surface area contributed by atoms with E-state index in [2.05, 4.69) is 31.0 Å². The topological polar surface area (TPSA) is 67.3 Å². The van der Waals surface area contributed by atoms with E-state index >= 15 is 0 Å². The molecule has 29 heavy (non-hydrogen) atoms. The van der Waals surface area contributed by atoms with Gasteiger partial charge in [0.05, 0.1) is 5.56 Å². The summed E-state index contributed by atoms with van der Waals surface area (Å²) in [4.78, 5) is 20.0. The smallest absolute Gasteiger partial charge is 0.346 e. The number of alkyl halides is 3. The van der Waals surface area contributed by atoms with Gasteiger partial charge >= 0.3 is 6.18 Å². The third-order valence-corrected chi connectivity index (χ3v) is 4.73. The van der Waals surface area contributed by atoms with Crippen molar-refractivity contribution in [3.63, 3.8) is 0 Å². The van der Waals surface area contributed by atoms with Crippen molar-refractivity contribution < 1.29 is 13.2 Å². The minimum atomic E-state index is -4.39. The molecule has 8 heteroatoms. The quantitative estimate of drug-likeness (QED) is 0.540. The lowest BCUT2D eigenvalue weighted by molar-refractivity contribution is -0.138. The Kier molecular flexibility index (Phi) is 5.00. The normalized spacial score (nSPS) is 11.9. The van der Waals surface area contributed by atoms with Gasteiger partial charge in [0, 0.05) is 55.4 Å². The first-order valence-corrected chi connectivity index (χ1v) is 9.12. The maximum absolute atomic E-state index is 13.1. The van der Waals surface area contributed by atoms with E-state index in [9.17, 15) is 13.2 Å². The second kappa shape index (κ2) is 7.62. The molecule has 4 rings (SSSR count). The van der Waals surface area contributed by atoms with Crippen molar-refractivity contribution in [1.82, 2.24) is 24.9 Å². The van der Waals surface area contributed by atoms with Crippen LogP contribution >= 0.6 is 0 Å². The zero-order chi connectivity index (χ0) is 20.4. The van der Waals surface area contributed by atoms with Gasteiger partial charge in [-0.15, -0.1) is 0 Å². The van der Waals surface area contributed by atoms with Crippen LogP contribution in [0.4, 0.5) is 13.2 Å². The lowest BCUT2D eigenvalue weighted by Gasteiger charge is -2.11. The average molecular weight is 397 g/mol. The molecule has 0 atom stereocenters. The summed E-state index contributed by atoms with van der Waals surface area (Å²) >= 11 is 0. The maximum Gasteiger partial charge on any atom is 0.416 e. The number of aryl methyl sites for hydroxylation is 3. The molecular weight excluding hydrogens is 379 g/mol. The Labute approximate surface area is 165 Å². The lowest BCUT2D eigenvalue weighted by atomic mass is 10.0. The molecule has 148 valence electrons. The molecule has 1 N–H and O–H groups in total. The highest BCUT2D eigenvalue weighted by molar-refractivity contribution is 5.80. The first-order chi connectivity index (χ1) is 13.9. The van der Waals surface area contributed by atoms with E-state index in [1.54, 1.807) is 12.4 Å². The van der Waals surface area contributed by atoms with Crippen molar-refractivity contribution in [3.8, 4) is 0 Å². The number of aromatic amines is 1. The Balaban J connectivity index is 1.45. The highest BCUT2D eigenvalue weighted by atomic mass is 19.4.